The maximum atomic E-state index is 12.1. The van der Waals surface area contributed by atoms with E-state index >= 15 is 0 Å². The molecule has 9 nitrogen and oxygen atoms in total. The summed E-state index contributed by atoms with van der Waals surface area (Å²) in [7, 11) is 2.05. The van der Waals surface area contributed by atoms with E-state index in [0.717, 1.165) is 41.2 Å². The fraction of sp³-hybridized carbons (Fsp3) is 0.522. The monoisotopic (exact) mass is 440 g/mol. The van der Waals surface area contributed by atoms with Crippen LogP contribution in [0.4, 0.5) is 10.7 Å². The first-order chi connectivity index (χ1) is 15.6. The summed E-state index contributed by atoms with van der Waals surface area (Å²) >= 11 is 0. The van der Waals surface area contributed by atoms with Gasteiger partial charge in [-0.2, -0.15) is 0 Å². The lowest BCUT2D eigenvalue weighted by Crippen LogP contribution is -2.49. The Morgan fingerprint density at radius 1 is 1.06 bits per heavy atom. The fourth-order valence-corrected chi connectivity index (χ4v) is 4.23. The summed E-state index contributed by atoms with van der Waals surface area (Å²) < 4.78 is 15.0. The van der Waals surface area contributed by atoms with Crippen LogP contribution >= 0.6 is 0 Å². The van der Waals surface area contributed by atoms with E-state index in [1.54, 1.807) is 4.90 Å². The fourth-order valence-electron chi connectivity index (χ4n) is 4.23. The highest BCUT2D eigenvalue weighted by atomic mass is 16.6. The van der Waals surface area contributed by atoms with Crippen molar-refractivity contribution in [3.63, 3.8) is 0 Å². The molecular formula is C23H32N6O3. The van der Waals surface area contributed by atoms with E-state index in [9.17, 15) is 4.79 Å². The summed E-state index contributed by atoms with van der Waals surface area (Å²) in [6, 6.07) is 8.34. The molecule has 4 rings (SSSR count). The Balaban J connectivity index is 1.62. The van der Waals surface area contributed by atoms with Gasteiger partial charge in [-0.05, 0) is 26.3 Å². The molecule has 1 saturated heterocycles. The van der Waals surface area contributed by atoms with Gasteiger partial charge < -0.3 is 23.8 Å². The van der Waals surface area contributed by atoms with Crippen molar-refractivity contribution in [1.29, 1.82) is 0 Å². The molecule has 0 saturated carbocycles. The number of anilines is 1. The zero-order valence-electron chi connectivity index (χ0n) is 19.2. The number of aromatic nitrogens is 4. The van der Waals surface area contributed by atoms with Crippen LogP contribution in [-0.4, -0.2) is 76.3 Å². The Morgan fingerprint density at radius 2 is 1.84 bits per heavy atom. The van der Waals surface area contributed by atoms with Crippen molar-refractivity contribution in [3.05, 3.63) is 30.5 Å². The molecule has 0 bridgehead atoms. The molecule has 1 aliphatic heterocycles. The van der Waals surface area contributed by atoms with E-state index in [1.165, 1.54) is 0 Å². The van der Waals surface area contributed by atoms with Gasteiger partial charge in [-0.1, -0.05) is 18.2 Å². The SMILES string of the molecule is CCOCCCn1c(-c2cn(C)c3ccccc23)nnc1N1CCN(C(=O)OCC)CC1. The van der Waals surface area contributed by atoms with Gasteiger partial charge in [0.15, 0.2) is 5.82 Å². The number of hydrogen-bond acceptors (Lipinski definition) is 6. The van der Waals surface area contributed by atoms with Crippen molar-refractivity contribution in [3.8, 4) is 11.4 Å². The standard InChI is InChI=1S/C23H32N6O3/c1-4-31-16-8-11-29-21(19-17-26(3)20-10-7-6-9-18(19)20)24-25-22(29)27-12-14-28(15-13-27)23(30)32-5-2/h6-7,9-10,17H,4-5,8,11-16H2,1-3H3. The second-order valence-corrected chi connectivity index (χ2v) is 7.87. The van der Waals surface area contributed by atoms with Crippen LogP contribution in [0.3, 0.4) is 0 Å². The van der Waals surface area contributed by atoms with Crippen molar-refractivity contribution in [2.24, 2.45) is 7.05 Å². The van der Waals surface area contributed by atoms with Crippen molar-refractivity contribution < 1.29 is 14.3 Å². The molecule has 0 N–H and O–H groups in total. The molecule has 9 heteroatoms. The number of nitrogens with zero attached hydrogens (tertiary/aromatic N) is 6. The van der Waals surface area contributed by atoms with Gasteiger partial charge in [-0.3, -0.25) is 4.57 Å². The van der Waals surface area contributed by atoms with Gasteiger partial charge in [0.1, 0.15) is 0 Å². The van der Waals surface area contributed by atoms with Crippen LogP contribution in [0.5, 0.6) is 0 Å². The number of fused-ring (bicyclic) bond motifs is 1. The van der Waals surface area contributed by atoms with Gasteiger partial charge in [-0.25, -0.2) is 4.79 Å². The number of benzene rings is 1. The normalized spacial score (nSPS) is 14.3. The number of carbonyl (C=O) groups is 1. The largest absolute Gasteiger partial charge is 0.450 e. The van der Waals surface area contributed by atoms with E-state index < -0.39 is 0 Å². The zero-order chi connectivity index (χ0) is 22.5. The minimum Gasteiger partial charge on any atom is -0.450 e. The average molecular weight is 441 g/mol. The molecular weight excluding hydrogens is 408 g/mol. The van der Waals surface area contributed by atoms with Crippen LogP contribution in [0.2, 0.25) is 0 Å². The molecule has 3 aromatic rings. The van der Waals surface area contributed by atoms with Gasteiger partial charge >= 0.3 is 6.09 Å². The quantitative estimate of drug-likeness (QED) is 0.501. The van der Waals surface area contributed by atoms with Gasteiger partial charge in [0.25, 0.3) is 0 Å². The minimum atomic E-state index is -0.248. The van der Waals surface area contributed by atoms with Gasteiger partial charge in [0, 0.05) is 75.6 Å². The second kappa shape index (κ2) is 10.0. The van der Waals surface area contributed by atoms with Crippen LogP contribution in [0.15, 0.2) is 30.5 Å². The molecule has 0 spiro atoms. The van der Waals surface area contributed by atoms with E-state index in [2.05, 4.69) is 55.7 Å². The molecule has 1 aromatic carbocycles. The number of amides is 1. The third-order valence-corrected chi connectivity index (χ3v) is 5.83. The first-order valence-electron chi connectivity index (χ1n) is 11.4. The first-order valence-corrected chi connectivity index (χ1v) is 11.4. The van der Waals surface area contributed by atoms with E-state index in [-0.39, 0.29) is 6.09 Å². The van der Waals surface area contributed by atoms with E-state index in [1.807, 2.05) is 19.9 Å². The molecule has 1 amide bonds. The third kappa shape index (κ3) is 4.43. The van der Waals surface area contributed by atoms with Crippen LogP contribution < -0.4 is 4.90 Å². The summed E-state index contributed by atoms with van der Waals surface area (Å²) in [5, 5.41) is 10.4. The van der Waals surface area contributed by atoms with Gasteiger partial charge in [0.05, 0.1) is 6.61 Å². The number of aryl methyl sites for hydroxylation is 1. The molecule has 0 unspecified atom stereocenters. The maximum Gasteiger partial charge on any atom is 0.409 e. The highest BCUT2D eigenvalue weighted by Crippen LogP contribution is 2.31. The summed E-state index contributed by atoms with van der Waals surface area (Å²) in [4.78, 5) is 16.0. The summed E-state index contributed by atoms with van der Waals surface area (Å²) in [5.41, 5.74) is 2.24. The molecule has 0 aliphatic carbocycles. The number of carbonyl (C=O) groups excluding carboxylic acids is 1. The summed E-state index contributed by atoms with van der Waals surface area (Å²) in [6.45, 7) is 8.99. The Hall–Kier alpha value is -3.07. The van der Waals surface area contributed by atoms with Gasteiger partial charge in [-0.15, -0.1) is 10.2 Å². The van der Waals surface area contributed by atoms with Crippen molar-refractivity contribution in [1.82, 2.24) is 24.2 Å². The number of para-hydroxylation sites is 1. The lowest BCUT2D eigenvalue weighted by atomic mass is 10.1. The first kappa shape index (κ1) is 22.1. The van der Waals surface area contributed by atoms with Crippen LogP contribution in [0.25, 0.3) is 22.3 Å². The Bertz CT molecular complexity index is 1050. The highest BCUT2D eigenvalue weighted by Gasteiger charge is 2.27. The van der Waals surface area contributed by atoms with Gasteiger partial charge in [0.2, 0.25) is 5.95 Å². The molecule has 0 atom stereocenters. The lowest BCUT2D eigenvalue weighted by molar-refractivity contribution is 0.105. The van der Waals surface area contributed by atoms with Crippen LogP contribution in [0.1, 0.15) is 20.3 Å². The predicted molar refractivity (Wildman–Crippen MR) is 124 cm³/mol. The van der Waals surface area contributed by atoms with Crippen LogP contribution in [-0.2, 0) is 23.1 Å². The molecule has 32 heavy (non-hydrogen) atoms. The highest BCUT2D eigenvalue weighted by molar-refractivity contribution is 5.94. The third-order valence-electron chi connectivity index (χ3n) is 5.83. The minimum absolute atomic E-state index is 0.248. The lowest BCUT2D eigenvalue weighted by Gasteiger charge is -2.34. The number of ether oxygens (including phenoxy) is 2. The Kier molecular flexibility index (Phi) is 6.94. The molecule has 0 radical (unpaired) electrons. The van der Waals surface area contributed by atoms with Crippen molar-refractivity contribution in [2.45, 2.75) is 26.8 Å². The molecule has 2 aromatic heterocycles. The molecule has 172 valence electrons. The second-order valence-electron chi connectivity index (χ2n) is 7.87. The van der Waals surface area contributed by atoms with Crippen molar-refractivity contribution >= 4 is 22.9 Å². The molecule has 3 heterocycles. The topological polar surface area (TPSA) is 77.7 Å². The van der Waals surface area contributed by atoms with E-state index in [0.29, 0.717) is 46.0 Å². The maximum absolute atomic E-state index is 12.1. The number of piperazine rings is 1. The van der Waals surface area contributed by atoms with E-state index in [4.69, 9.17) is 9.47 Å². The summed E-state index contributed by atoms with van der Waals surface area (Å²) in [6.07, 6.45) is 2.75. The Morgan fingerprint density at radius 3 is 2.59 bits per heavy atom. The molecule has 1 fully saturated rings. The Labute approximate surface area is 188 Å². The summed E-state index contributed by atoms with van der Waals surface area (Å²) in [5.74, 6) is 1.70. The number of rotatable bonds is 8. The number of hydrogen-bond donors (Lipinski definition) is 0. The average Bonchev–Trinajstić information content (AvgIpc) is 3.38. The smallest absolute Gasteiger partial charge is 0.409 e. The molecule has 1 aliphatic rings. The van der Waals surface area contributed by atoms with Crippen LogP contribution in [0, 0.1) is 0 Å². The predicted octanol–water partition coefficient (Wildman–Crippen LogP) is 3.14. The van der Waals surface area contributed by atoms with Crippen molar-refractivity contribution in [2.75, 3.05) is 50.9 Å². The zero-order valence-corrected chi connectivity index (χ0v) is 19.2.